The highest BCUT2D eigenvalue weighted by atomic mass is 32.7. The normalized spacial score (nSPS) is 35.3. The molecule has 0 amide bonds. The van der Waals surface area contributed by atoms with Gasteiger partial charge in [0.25, 0.3) is 0 Å². The van der Waals surface area contributed by atoms with Crippen LogP contribution in [0.25, 0.3) is 22.3 Å². The van der Waals surface area contributed by atoms with Crippen molar-refractivity contribution in [2.75, 3.05) is 24.3 Å². The Kier molecular flexibility index (Phi) is 8.54. The molecule has 3 saturated heterocycles. The van der Waals surface area contributed by atoms with Crippen LogP contribution in [0, 0.1) is 0 Å². The summed E-state index contributed by atoms with van der Waals surface area (Å²) < 4.78 is 64.2. The van der Waals surface area contributed by atoms with Crippen LogP contribution in [-0.2, 0) is 36.7 Å². The van der Waals surface area contributed by atoms with Crippen molar-refractivity contribution in [2.45, 2.75) is 75.4 Å². The number of fused-ring (bicyclic) bond motifs is 5. The molecule has 4 aromatic rings. The molecule has 0 aliphatic carbocycles. The summed E-state index contributed by atoms with van der Waals surface area (Å²) in [5, 5.41) is 25.8. The molecule has 254 valence electrons. The van der Waals surface area contributed by atoms with Gasteiger partial charge < -0.3 is 35.3 Å². The summed E-state index contributed by atoms with van der Waals surface area (Å²) in [6, 6.07) is 0. The molecule has 2 bridgehead atoms. The Labute approximate surface area is 272 Å². The zero-order chi connectivity index (χ0) is 33.2. The highest BCUT2D eigenvalue weighted by Crippen LogP contribution is 2.57. The number of aromatic nitrogens is 8. The van der Waals surface area contributed by atoms with Crippen LogP contribution >= 0.6 is 27.3 Å². The SMILES string of the molecule is CC(C)(C)Nc1ncnc2c1ncn2[C@@H]1O[C@@H]2CO[PH](=O)O[C@@H]3[C@H](O)[C@@H](CO[P@](=O)(S)O[C@H]2[C@H]1O)O[C@H]3n1cnc2c(N)ncnc21. The number of nitrogen functional groups attached to an aromatic ring is 1. The number of rotatable bonds is 3. The van der Waals surface area contributed by atoms with Crippen LogP contribution in [0.4, 0.5) is 11.6 Å². The van der Waals surface area contributed by atoms with E-state index < -0.39 is 77.3 Å². The Hall–Kier alpha value is -2.81. The zero-order valence-electron chi connectivity index (χ0n) is 25.1. The quantitative estimate of drug-likeness (QED) is 0.148. The summed E-state index contributed by atoms with van der Waals surface area (Å²) in [7, 11) is -3.37. The summed E-state index contributed by atoms with van der Waals surface area (Å²) in [4.78, 5) is 25.3. The van der Waals surface area contributed by atoms with E-state index in [0.717, 1.165) is 0 Å². The Morgan fingerprint density at radius 2 is 1.60 bits per heavy atom. The second-order valence-corrected chi connectivity index (χ2v) is 16.0. The first-order chi connectivity index (χ1) is 22.3. The summed E-state index contributed by atoms with van der Waals surface area (Å²) in [5.74, 6) is 0.582. The molecule has 0 spiro atoms. The minimum atomic E-state index is -4.26. The number of nitrogens with zero attached hydrogens (tertiary/aromatic N) is 8. The maximum Gasteiger partial charge on any atom is 0.386 e. The van der Waals surface area contributed by atoms with Gasteiger partial charge in [-0.3, -0.25) is 27.3 Å². The van der Waals surface area contributed by atoms with Gasteiger partial charge in [-0.1, -0.05) is 12.2 Å². The van der Waals surface area contributed by atoms with Crippen molar-refractivity contribution in [1.82, 2.24) is 39.0 Å². The lowest BCUT2D eigenvalue weighted by Crippen LogP contribution is -2.35. The van der Waals surface area contributed by atoms with Crippen LogP contribution < -0.4 is 11.1 Å². The van der Waals surface area contributed by atoms with Crippen LogP contribution in [0.15, 0.2) is 25.3 Å². The molecule has 23 heteroatoms. The van der Waals surface area contributed by atoms with E-state index in [9.17, 15) is 19.3 Å². The summed E-state index contributed by atoms with van der Waals surface area (Å²) in [6.07, 6.45) is -4.80. The summed E-state index contributed by atoms with van der Waals surface area (Å²) in [5.41, 5.74) is 6.86. The Bertz CT molecular complexity index is 1870. The lowest BCUT2D eigenvalue weighted by molar-refractivity contribution is -0.0570. The molecule has 5 N–H and O–H groups in total. The number of aliphatic hydroxyl groups excluding tert-OH is 2. The number of nitrogens with two attached hydrogens (primary N) is 1. The number of thiol groups is 1. The zero-order valence-corrected chi connectivity index (χ0v) is 27.8. The molecule has 3 aliphatic rings. The molecule has 47 heavy (non-hydrogen) atoms. The first-order valence-corrected chi connectivity index (χ1v) is 18.3. The number of ether oxygens (including phenoxy) is 2. The van der Waals surface area contributed by atoms with Crippen molar-refractivity contribution in [3.63, 3.8) is 0 Å². The standard InChI is InChI=1S/C24H32N10O10P2S/c1-24(2,3)32-19-13-21(29-7-27-19)33(9-31-13)22-15(36)16-11(42-22)4-39-45(37)43-17-14(35)10(5-40-46(38,47)44-16)41-23(17)34-8-30-12-18(25)26-6-28-20(12)34/h6-11,14-17,22-23,35-36,45H,4-5H2,1-3H3,(H,38,47)(H2,25,26,28)(H,27,29,32)/t10-,11-,14-,15-,16-,17-,22-,23-,46+/m1/s1. The van der Waals surface area contributed by atoms with Gasteiger partial charge in [0, 0.05) is 5.54 Å². The van der Waals surface area contributed by atoms with E-state index in [1.807, 2.05) is 20.8 Å². The highest BCUT2D eigenvalue weighted by molar-refractivity contribution is 8.44. The molecule has 0 aromatic carbocycles. The van der Waals surface area contributed by atoms with Crippen molar-refractivity contribution in [3.8, 4) is 0 Å². The molecule has 3 aliphatic heterocycles. The second-order valence-electron chi connectivity index (χ2n) is 12.1. The molecular formula is C24H32N10O10P2S. The first kappa shape index (κ1) is 32.7. The molecule has 20 nitrogen and oxygen atoms in total. The van der Waals surface area contributed by atoms with Gasteiger partial charge in [-0.15, -0.1) is 0 Å². The monoisotopic (exact) mass is 714 g/mol. The van der Waals surface area contributed by atoms with Gasteiger partial charge in [-0.05, 0) is 20.8 Å². The molecule has 0 saturated carbocycles. The van der Waals surface area contributed by atoms with E-state index in [1.165, 1.54) is 34.4 Å². The van der Waals surface area contributed by atoms with E-state index in [4.69, 9.17) is 33.3 Å². The van der Waals surface area contributed by atoms with Gasteiger partial charge in [-0.25, -0.2) is 34.5 Å². The number of imidazole rings is 2. The van der Waals surface area contributed by atoms with Crippen LogP contribution in [0.5, 0.6) is 0 Å². The lowest BCUT2D eigenvalue weighted by atomic mass is 10.1. The average Bonchev–Trinajstić information content (AvgIpc) is 3.76. The van der Waals surface area contributed by atoms with Crippen LogP contribution in [-0.4, -0.2) is 105 Å². The van der Waals surface area contributed by atoms with Gasteiger partial charge in [0.2, 0.25) is 0 Å². The van der Waals surface area contributed by atoms with E-state index in [-0.39, 0.29) is 22.5 Å². The third-order valence-electron chi connectivity index (χ3n) is 7.66. The van der Waals surface area contributed by atoms with Crippen molar-refractivity contribution >= 4 is 61.3 Å². The largest absolute Gasteiger partial charge is 0.387 e. The van der Waals surface area contributed by atoms with E-state index in [0.29, 0.717) is 17.0 Å². The first-order valence-electron chi connectivity index (χ1n) is 14.3. The van der Waals surface area contributed by atoms with Gasteiger partial charge in [0.15, 0.2) is 40.9 Å². The average molecular weight is 715 g/mol. The van der Waals surface area contributed by atoms with Crippen molar-refractivity contribution in [2.24, 2.45) is 0 Å². The Balaban J connectivity index is 1.16. The minimum absolute atomic E-state index is 0.113. The summed E-state index contributed by atoms with van der Waals surface area (Å²) >= 11 is 4.11. The van der Waals surface area contributed by atoms with E-state index in [2.05, 4.69) is 47.5 Å². The molecule has 4 aromatic heterocycles. The molecule has 7 rings (SSSR count). The van der Waals surface area contributed by atoms with Gasteiger partial charge in [-0.2, -0.15) is 0 Å². The fraction of sp³-hybridized carbons (Fsp3) is 0.583. The van der Waals surface area contributed by atoms with Crippen molar-refractivity contribution < 1.29 is 46.9 Å². The number of anilines is 2. The van der Waals surface area contributed by atoms with E-state index in [1.54, 1.807) is 0 Å². The van der Waals surface area contributed by atoms with Crippen molar-refractivity contribution in [3.05, 3.63) is 25.3 Å². The van der Waals surface area contributed by atoms with Crippen LogP contribution in [0.1, 0.15) is 33.2 Å². The molecule has 7 heterocycles. The second kappa shape index (κ2) is 12.3. The van der Waals surface area contributed by atoms with Crippen LogP contribution in [0.3, 0.4) is 0 Å². The van der Waals surface area contributed by atoms with Crippen LogP contribution in [0.2, 0.25) is 0 Å². The molecular weight excluding hydrogens is 682 g/mol. The number of nitrogens with one attached hydrogen (secondary N) is 1. The topological polar surface area (TPSA) is 255 Å². The predicted molar refractivity (Wildman–Crippen MR) is 166 cm³/mol. The fourth-order valence-corrected chi connectivity index (χ4v) is 7.95. The summed E-state index contributed by atoms with van der Waals surface area (Å²) in [6.45, 7) is 0.686. The predicted octanol–water partition coefficient (Wildman–Crippen LogP) is 1.22. The number of hydrogen-bond acceptors (Lipinski definition) is 18. The third-order valence-corrected chi connectivity index (χ3v) is 10.1. The molecule has 3 fully saturated rings. The Morgan fingerprint density at radius 3 is 2.34 bits per heavy atom. The van der Waals surface area contributed by atoms with Crippen molar-refractivity contribution in [1.29, 1.82) is 0 Å². The highest BCUT2D eigenvalue weighted by Gasteiger charge is 2.52. The van der Waals surface area contributed by atoms with E-state index >= 15 is 0 Å². The third kappa shape index (κ3) is 6.26. The lowest BCUT2D eigenvalue weighted by Gasteiger charge is -2.25. The van der Waals surface area contributed by atoms with Gasteiger partial charge in [0.05, 0.1) is 25.9 Å². The molecule has 1 unspecified atom stereocenters. The Morgan fingerprint density at radius 1 is 0.936 bits per heavy atom. The fourth-order valence-electron chi connectivity index (χ4n) is 5.61. The smallest absolute Gasteiger partial charge is 0.386 e. The molecule has 10 atom stereocenters. The van der Waals surface area contributed by atoms with Gasteiger partial charge >= 0.3 is 15.1 Å². The maximum absolute atomic E-state index is 13.5. The maximum atomic E-state index is 13.5. The number of hydrogen-bond donors (Lipinski definition) is 5. The minimum Gasteiger partial charge on any atom is -0.387 e. The van der Waals surface area contributed by atoms with Gasteiger partial charge in [0.1, 0.15) is 54.8 Å². The number of aliphatic hydroxyl groups is 2. The molecule has 0 radical (unpaired) electrons.